The molecule has 5 N–H and O–H groups in total. The van der Waals surface area contributed by atoms with Gasteiger partial charge in [-0.15, -0.1) is 0 Å². The summed E-state index contributed by atoms with van der Waals surface area (Å²) in [4.78, 5) is 27.7. The van der Waals surface area contributed by atoms with Crippen LogP contribution in [-0.2, 0) is 0 Å². The lowest BCUT2D eigenvalue weighted by atomic mass is 10.1. The molecule has 2 heterocycles. The summed E-state index contributed by atoms with van der Waals surface area (Å²) in [5, 5.41) is 12.0. The van der Waals surface area contributed by atoms with Crippen LogP contribution in [-0.4, -0.2) is 42.2 Å². The van der Waals surface area contributed by atoms with E-state index in [1.54, 1.807) is 0 Å². The number of carbonyl (C=O) groups is 1. The zero-order valence-electron chi connectivity index (χ0n) is 11.6. The quantitative estimate of drug-likeness (QED) is 0.596. The molecule has 1 aromatic carbocycles. The van der Waals surface area contributed by atoms with Gasteiger partial charge in [0, 0.05) is 32.4 Å². The van der Waals surface area contributed by atoms with Gasteiger partial charge in [-0.2, -0.15) is 0 Å². The maximum Gasteiger partial charge on any atom is 0.341 e. The molecule has 3 rings (SSSR count). The lowest BCUT2D eigenvalue weighted by molar-refractivity contribution is 0.0695. The number of hydrogen-bond acceptors (Lipinski definition) is 5. The molecule has 0 amide bonds. The van der Waals surface area contributed by atoms with Crippen molar-refractivity contribution in [1.29, 1.82) is 0 Å². The number of carboxylic acids is 1. The number of halogens is 1. The maximum absolute atomic E-state index is 14.5. The average Bonchev–Trinajstić information content (AvgIpc) is 2.51. The van der Waals surface area contributed by atoms with Gasteiger partial charge in [0.1, 0.15) is 5.56 Å². The summed E-state index contributed by atoms with van der Waals surface area (Å²) in [7, 11) is 0. The lowest BCUT2D eigenvalue weighted by Gasteiger charge is -2.30. The summed E-state index contributed by atoms with van der Waals surface area (Å²) >= 11 is 0. The number of pyridine rings is 1. The van der Waals surface area contributed by atoms with E-state index in [4.69, 9.17) is 10.8 Å². The number of anilines is 2. The van der Waals surface area contributed by atoms with Crippen LogP contribution in [0.4, 0.5) is 15.8 Å². The highest BCUT2D eigenvalue weighted by atomic mass is 19.1. The summed E-state index contributed by atoms with van der Waals surface area (Å²) < 4.78 is 14.5. The molecule has 0 saturated carbocycles. The van der Waals surface area contributed by atoms with Crippen LogP contribution in [0.3, 0.4) is 0 Å². The molecule has 0 unspecified atom stereocenters. The number of aromatic amines is 1. The molecule has 1 saturated heterocycles. The average molecular weight is 306 g/mol. The Labute approximate surface area is 124 Å². The van der Waals surface area contributed by atoms with E-state index in [1.807, 2.05) is 4.90 Å². The molecule has 0 radical (unpaired) electrons. The zero-order valence-corrected chi connectivity index (χ0v) is 11.6. The largest absolute Gasteiger partial charge is 0.477 e. The second-order valence-electron chi connectivity index (χ2n) is 5.12. The SMILES string of the molecule is Nc1c(F)c(N2CCNCC2)cc2[nH]cc(C(=O)O)c(=O)c12. The lowest BCUT2D eigenvalue weighted by Crippen LogP contribution is -2.44. The van der Waals surface area contributed by atoms with E-state index < -0.39 is 22.8 Å². The highest BCUT2D eigenvalue weighted by molar-refractivity contribution is 5.98. The number of H-pyrrole nitrogens is 1. The van der Waals surface area contributed by atoms with Crippen LogP contribution in [0.25, 0.3) is 10.9 Å². The van der Waals surface area contributed by atoms with Gasteiger partial charge >= 0.3 is 5.97 Å². The van der Waals surface area contributed by atoms with Crippen LogP contribution in [0.15, 0.2) is 17.1 Å². The number of hydrogen-bond donors (Lipinski definition) is 4. The van der Waals surface area contributed by atoms with E-state index in [1.165, 1.54) is 6.07 Å². The van der Waals surface area contributed by atoms with Crippen molar-refractivity contribution >= 4 is 28.2 Å². The standard InChI is InChI=1S/C14H15FN4O3/c15-11-9(19-3-1-17-2-4-19)5-8-10(12(11)16)13(20)7(6-18-8)14(21)22/h5-6,17H,1-4,16H2,(H,18,20)(H,21,22). The molecular weight excluding hydrogens is 291 g/mol. The van der Waals surface area contributed by atoms with Crippen molar-refractivity contribution in [3.8, 4) is 0 Å². The van der Waals surface area contributed by atoms with Gasteiger partial charge < -0.3 is 26.0 Å². The topological polar surface area (TPSA) is 111 Å². The van der Waals surface area contributed by atoms with Crippen molar-refractivity contribution in [3.63, 3.8) is 0 Å². The molecule has 0 spiro atoms. The van der Waals surface area contributed by atoms with Crippen LogP contribution < -0.4 is 21.4 Å². The number of nitrogen functional groups attached to an aromatic ring is 1. The molecule has 1 aliphatic heterocycles. The monoisotopic (exact) mass is 306 g/mol. The Morgan fingerprint density at radius 2 is 2.05 bits per heavy atom. The number of aromatic nitrogens is 1. The van der Waals surface area contributed by atoms with Crippen LogP contribution in [0.5, 0.6) is 0 Å². The Morgan fingerprint density at radius 3 is 2.68 bits per heavy atom. The van der Waals surface area contributed by atoms with Crippen molar-refractivity contribution in [2.75, 3.05) is 36.8 Å². The third-order valence-electron chi connectivity index (χ3n) is 3.81. The first-order valence-electron chi connectivity index (χ1n) is 6.83. The fraction of sp³-hybridized carbons (Fsp3) is 0.286. The van der Waals surface area contributed by atoms with E-state index in [0.717, 1.165) is 19.3 Å². The predicted octanol–water partition coefficient (Wildman–Crippen LogP) is 0.357. The molecule has 1 aliphatic rings. The number of piperazine rings is 1. The van der Waals surface area contributed by atoms with E-state index in [-0.39, 0.29) is 11.1 Å². The Bertz CT molecular complexity index is 812. The number of nitrogens with one attached hydrogen (secondary N) is 2. The molecule has 22 heavy (non-hydrogen) atoms. The highest BCUT2D eigenvalue weighted by Crippen LogP contribution is 2.30. The summed E-state index contributed by atoms with van der Waals surface area (Å²) in [6.45, 7) is 2.70. The van der Waals surface area contributed by atoms with E-state index in [9.17, 15) is 14.0 Å². The summed E-state index contributed by atoms with van der Waals surface area (Å²) in [5.41, 5.74) is 4.82. The molecular formula is C14H15FN4O3. The molecule has 1 fully saturated rings. The third-order valence-corrected chi connectivity index (χ3v) is 3.81. The minimum atomic E-state index is -1.38. The van der Waals surface area contributed by atoms with Gasteiger partial charge in [0.25, 0.3) is 0 Å². The van der Waals surface area contributed by atoms with Crippen molar-refractivity contribution in [2.24, 2.45) is 0 Å². The van der Waals surface area contributed by atoms with Gasteiger partial charge in [0.2, 0.25) is 5.43 Å². The second kappa shape index (κ2) is 5.30. The smallest absolute Gasteiger partial charge is 0.341 e. The van der Waals surface area contributed by atoms with Crippen molar-refractivity contribution in [2.45, 2.75) is 0 Å². The first-order valence-corrected chi connectivity index (χ1v) is 6.83. The Hall–Kier alpha value is -2.61. The third kappa shape index (κ3) is 2.17. The maximum atomic E-state index is 14.5. The van der Waals surface area contributed by atoms with E-state index in [0.29, 0.717) is 24.3 Å². The molecule has 7 nitrogen and oxygen atoms in total. The van der Waals surface area contributed by atoms with Gasteiger partial charge in [-0.25, -0.2) is 9.18 Å². The summed E-state index contributed by atoms with van der Waals surface area (Å²) in [6.07, 6.45) is 1.10. The number of nitrogens with zero attached hydrogens (tertiary/aromatic N) is 1. The summed E-state index contributed by atoms with van der Waals surface area (Å²) in [6, 6.07) is 1.50. The molecule has 2 aromatic rings. The van der Waals surface area contributed by atoms with Crippen molar-refractivity contribution in [1.82, 2.24) is 10.3 Å². The van der Waals surface area contributed by atoms with Gasteiger partial charge in [-0.3, -0.25) is 4.79 Å². The Morgan fingerprint density at radius 1 is 1.36 bits per heavy atom. The van der Waals surface area contributed by atoms with Crippen LogP contribution in [0.1, 0.15) is 10.4 Å². The minimum absolute atomic E-state index is 0.128. The Balaban J connectivity index is 2.23. The summed E-state index contributed by atoms with van der Waals surface area (Å²) in [5.74, 6) is -2.07. The molecule has 0 aliphatic carbocycles. The predicted molar refractivity (Wildman–Crippen MR) is 81.0 cm³/mol. The normalized spacial score (nSPS) is 15.2. The number of fused-ring (bicyclic) bond motifs is 1. The molecule has 0 bridgehead atoms. The van der Waals surface area contributed by atoms with Crippen LogP contribution in [0, 0.1) is 5.82 Å². The zero-order chi connectivity index (χ0) is 15.9. The van der Waals surface area contributed by atoms with Gasteiger partial charge in [-0.1, -0.05) is 0 Å². The first kappa shape index (κ1) is 14.3. The number of rotatable bonds is 2. The van der Waals surface area contributed by atoms with Crippen LogP contribution >= 0.6 is 0 Å². The van der Waals surface area contributed by atoms with E-state index in [2.05, 4.69) is 10.3 Å². The van der Waals surface area contributed by atoms with Crippen molar-refractivity contribution < 1.29 is 14.3 Å². The van der Waals surface area contributed by atoms with E-state index >= 15 is 0 Å². The minimum Gasteiger partial charge on any atom is -0.477 e. The number of carboxylic acid groups (broad SMARTS) is 1. The molecule has 8 heteroatoms. The second-order valence-corrected chi connectivity index (χ2v) is 5.12. The molecule has 1 aromatic heterocycles. The van der Waals surface area contributed by atoms with Gasteiger partial charge in [0.15, 0.2) is 5.82 Å². The molecule has 116 valence electrons. The molecule has 0 atom stereocenters. The fourth-order valence-electron chi connectivity index (χ4n) is 2.67. The number of aromatic carboxylic acids is 1. The fourth-order valence-corrected chi connectivity index (χ4v) is 2.67. The first-order chi connectivity index (χ1) is 10.5. The Kier molecular flexibility index (Phi) is 3.45. The van der Waals surface area contributed by atoms with Crippen molar-refractivity contribution in [3.05, 3.63) is 33.9 Å². The van der Waals surface area contributed by atoms with Gasteiger partial charge in [0.05, 0.1) is 22.3 Å². The van der Waals surface area contributed by atoms with Crippen LogP contribution in [0.2, 0.25) is 0 Å². The number of nitrogens with two attached hydrogens (primary N) is 1. The van der Waals surface area contributed by atoms with Gasteiger partial charge in [-0.05, 0) is 6.07 Å². The number of benzene rings is 1. The highest BCUT2D eigenvalue weighted by Gasteiger charge is 2.21.